The van der Waals surface area contributed by atoms with Crippen molar-refractivity contribution >= 4 is 35.4 Å². The van der Waals surface area contributed by atoms with Crippen LogP contribution in [-0.4, -0.2) is 38.4 Å². The Labute approximate surface area is 191 Å². The van der Waals surface area contributed by atoms with Crippen LogP contribution in [-0.2, 0) is 0 Å². The quantitative estimate of drug-likeness (QED) is 0.222. The number of hydrogen-bond donors (Lipinski definition) is 4. The SMILES string of the molecule is O=C(N/N=C/c1ccc(O)c([N+](=O)[O-])c1)c1ccc(N/N=C/c2ccc(O)c([N+](=O)[O-])c2)cc1. The summed E-state index contributed by atoms with van der Waals surface area (Å²) in [4.78, 5) is 32.4. The molecular weight excluding hydrogens is 448 g/mol. The molecule has 13 nitrogen and oxygen atoms in total. The average molecular weight is 464 g/mol. The highest BCUT2D eigenvalue weighted by molar-refractivity contribution is 5.95. The number of hydrogen-bond acceptors (Lipinski definition) is 10. The molecule has 0 aliphatic heterocycles. The lowest BCUT2D eigenvalue weighted by Gasteiger charge is -2.03. The summed E-state index contributed by atoms with van der Waals surface area (Å²) in [5, 5.41) is 48.3. The predicted octanol–water partition coefficient (Wildman–Crippen LogP) is 3.12. The Morgan fingerprint density at radius 2 is 1.29 bits per heavy atom. The molecule has 0 radical (unpaired) electrons. The molecule has 0 fully saturated rings. The summed E-state index contributed by atoms with van der Waals surface area (Å²) in [6, 6.07) is 13.6. The number of anilines is 1. The molecule has 0 aliphatic rings. The second-order valence-electron chi connectivity index (χ2n) is 6.66. The van der Waals surface area contributed by atoms with Crippen molar-refractivity contribution in [3.8, 4) is 11.5 Å². The highest BCUT2D eigenvalue weighted by atomic mass is 16.6. The third kappa shape index (κ3) is 5.88. The molecule has 172 valence electrons. The molecule has 34 heavy (non-hydrogen) atoms. The van der Waals surface area contributed by atoms with Crippen LogP contribution < -0.4 is 10.9 Å². The third-order valence-corrected chi connectivity index (χ3v) is 4.33. The first-order chi connectivity index (χ1) is 16.2. The molecule has 3 aromatic rings. The molecule has 3 aromatic carbocycles. The standard InChI is InChI=1S/C21H16N6O7/c28-19-7-1-13(9-17(19)26(31)32)11-22-24-16-5-3-15(4-6-16)21(30)25-23-12-14-2-8-20(29)18(10-14)27(33)34/h1-12,24,28-29H,(H,25,30)/b22-11+,23-12+. The fourth-order valence-electron chi connectivity index (χ4n) is 2.64. The van der Waals surface area contributed by atoms with Crippen LogP contribution in [0.4, 0.5) is 17.1 Å². The van der Waals surface area contributed by atoms with Crippen LogP contribution >= 0.6 is 0 Å². The minimum Gasteiger partial charge on any atom is -0.502 e. The number of aromatic hydroxyl groups is 2. The largest absolute Gasteiger partial charge is 0.502 e. The number of carbonyl (C=O) groups excluding carboxylic acids is 1. The molecule has 1 amide bonds. The molecular formula is C21H16N6O7. The molecule has 0 bridgehead atoms. The van der Waals surface area contributed by atoms with Gasteiger partial charge in [-0.2, -0.15) is 10.2 Å². The van der Waals surface area contributed by atoms with Gasteiger partial charge in [-0.25, -0.2) is 5.43 Å². The summed E-state index contributed by atoms with van der Waals surface area (Å²) in [6.07, 6.45) is 2.53. The Morgan fingerprint density at radius 1 is 0.794 bits per heavy atom. The summed E-state index contributed by atoms with van der Waals surface area (Å²) >= 11 is 0. The zero-order valence-corrected chi connectivity index (χ0v) is 17.2. The maximum atomic E-state index is 12.2. The van der Waals surface area contributed by atoms with Crippen molar-refractivity contribution in [2.24, 2.45) is 10.2 Å². The number of benzene rings is 3. The highest BCUT2D eigenvalue weighted by Crippen LogP contribution is 2.26. The van der Waals surface area contributed by atoms with Gasteiger partial charge in [0.2, 0.25) is 0 Å². The molecule has 0 saturated heterocycles. The van der Waals surface area contributed by atoms with E-state index in [0.717, 1.165) is 12.1 Å². The number of hydrazone groups is 2. The normalized spacial score (nSPS) is 10.9. The number of phenols is 2. The van der Waals surface area contributed by atoms with Crippen molar-refractivity contribution in [2.75, 3.05) is 5.43 Å². The number of nitrogens with zero attached hydrogens (tertiary/aromatic N) is 4. The molecule has 13 heteroatoms. The van der Waals surface area contributed by atoms with Gasteiger partial charge < -0.3 is 10.2 Å². The number of carbonyl (C=O) groups is 1. The van der Waals surface area contributed by atoms with Gasteiger partial charge in [0.25, 0.3) is 5.91 Å². The predicted molar refractivity (Wildman–Crippen MR) is 122 cm³/mol. The van der Waals surface area contributed by atoms with Gasteiger partial charge >= 0.3 is 11.4 Å². The molecule has 0 aromatic heterocycles. The fourth-order valence-corrected chi connectivity index (χ4v) is 2.64. The lowest BCUT2D eigenvalue weighted by Crippen LogP contribution is -2.17. The van der Waals surface area contributed by atoms with Crippen molar-refractivity contribution in [1.82, 2.24) is 5.43 Å². The Kier molecular flexibility index (Phi) is 7.08. The van der Waals surface area contributed by atoms with Gasteiger partial charge in [-0.1, -0.05) is 0 Å². The van der Waals surface area contributed by atoms with E-state index in [0.29, 0.717) is 16.8 Å². The van der Waals surface area contributed by atoms with E-state index in [4.69, 9.17) is 0 Å². The average Bonchev–Trinajstić information content (AvgIpc) is 2.81. The summed E-state index contributed by atoms with van der Waals surface area (Å²) in [7, 11) is 0. The molecule has 0 unspecified atom stereocenters. The van der Waals surface area contributed by atoms with Gasteiger partial charge in [0.1, 0.15) is 0 Å². The van der Waals surface area contributed by atoms with Gasteiger partial charge in [-0.15, -0.1) is 0 Å². The van der Waals surface area contributed by atoms with Crippen molar-refractivity contribution in [3.63, 3.8) is 0 Å². The van der Waals surface area contributed by atoms with Crippen LogP contribution in [0, 0.1) is 20.2 Å². The molecule has 4 N–H and O–H groups in total. The zero-order valence-electron chi connectivity index (χ0n) is 17.2. The maximum absolute atomic E-state index is 12.2. The Balaban J connectivity index is 1.57. The third-order valence-electron chi connectivity index (χ3n) is 4.33. The van der Waals surface area contributed by atoms with Crippen LogP contribution in [0.25, 0.3) is 0 Å². The Hall–Kier alpha value is -5.33. The van der Waals surface area contributed by atoms with Gasteiger partial charge in [0, 0.05) is 28.8 Å². The van der Waals surface area contributed by atoms with Crippen LogP contribution in [0.3, 0.4) is 0 Å². The van der Waals surface area contributed by atoms with Crippen LogP contribution in [0.2, 0.25) is 0 Å². The maximum Gasteiger partial charge on any atom is 0.311 e. The minimum atomic E-state index is -0.737. The first-order valence-corrected chi connectivity index (χ1v) is 9.42. The van der Waals surface area contributed by atoms with E-state index in [1.165, 1.54) is 48.8 Å². The smallest absolute Gasteiger partial charge is 0.311 e. The van der Waals surface area contributed by atoms with Crippen molar-refractivity contribution in [2.45, 2.75) is 0 Å². The topological polar surface area (TPSA) is 193 Å². The minimum absolute atomic E-state index is 0.275. The summed E-state index contributed by atoms with van der Waals surface area (Å²) in [5.41, 5.74) is 5.58. The highest BCUT2D eigenvalue weighted by Gasteiger charge is 2.13. The number of amides is 1. The number of nitro groups is 2. The van der Waals surface area contributed by atoms with Crippen molar-refractivity contribution in [1.29, 1.82) is 0 Å². The number of nitro benzene ring substituents is 2. The Morgan fingerprint density at radius 3 is 1.79 bits per heavy atom. The molecule has 0 aliphatic carbocycles. The molecule has 0 spiro atoms. The van der Waals surface area contributed by atoms with Gasteiger partial charge in [0.15, 0.2) is 11.5 Å². The van der Waals surface area contributed by atoms with E-state index in [-0.39, 0.29) is 5.56 Å². The molecule has 0 atom stereocenters. The van der Waals surface area contributed by atoms with E-state index < -0.39 is 38.6 Å². The van der Waals surface area contributed by atoms with Crippen molar-refractivity contribution < 1.29 is 24.9 Å². The van der Waals surface area contributed by atoms with E-state index in [2.05, 4.69) is 21.1 Å². The Bertz CT molecular complexity index is 1310. The molecule has 3 rings (SSSR count). The molecule has 0 heterocycles. The monoisotopic (exact) mass is 464 g/mol. The fraction of sp³-hybridized carbons (Fsp3) is 0. The van der Waals surface area contributed by atoms with E-state index in [1.807, 2.05) is 0 Å². The number of phenolic OH excluding ortho intramolecular Hbond substituents is 2. The number of nitrogens with one attached hydrogen (secondary N) is 2. The summed E-state index contributed by atoms with van der Waals surface area (Å²) in [6.45, 7) is 0. The molecule has 0 saturated carbocycles. The second kappa shape index (κ2) is 10.3. The van der Waals surface area contributed by atoms with Crippen LogP contribution in [0.5, 0.6) is 11.5 Å². The number of rotatable bonds is 8. The van der Waals surface area contributed by atoms with E-state index >= 15 is 0 Å². The lowest BCUT2D eigenvalue weighted by molar-refractivity contribution is -0.386. The van der Waals surface area contributed by atoms with Gasteiger partial charge in [-0.3, -0.25) is 30.4 Å². The van der Waals surface area contributed by atoms with Gasteiger partial charge in [-0.05, 0) is 48.5 Å². The van der Waals surface area contributed by atoms with Crippen LogP contribution in [0.15, 0.2) is 70.9 Å². The zero-order chi connectivity index (χ0) is 24.7. The van der Waals surface area contributed by atoms with Gasteiger partial charge in [0.05, 0.1) is 28.0 Å². The lowest BCUT2D eigenvalue weighted by atomic mass is 10.2. The summed E-state index contributed by atoms with van der Waals surface area (Å²) in [5.74, 6) is -1.46. The first kappa shape index (κ1) is 23.3. The van der Waals surface area contributed by atoms with Crippen molar-refractivity contribution in [3.05, 3.63) is 97.6 Å². The van der Waals surface area contributed by atoms with E-state index in [1.54, 1.807) is 12.1 Å². The second-order valence-corrected chi connectivity index (χ2v) is 6.66. The van der Waals surface area contributed by atoms with E-state index in [9.17, 15) is 35.2 Å². The summed E-state index contributed by atoms with van der Waals surface area (Å²) < 4.78 is 0. The van der Waals surface area contributed by atoms with Crippen LogP contribution in [0.1, 0.15) is 21.5 Å². The first-order valence-electron chi connectivity index (χ1n) is 9.42.